The number of carbonyl (C=O) groups is 2. The quantitative estimate of drug-likeness (QED) is 0.752. The van der Waals surface area contributed by atoms with Crippen molar-refractivity contribution in [3.8, 4) is 0 Å². The summed E-state index contributed by atoms with van der Waals surface area (Å²) in [6.07, 6.45) is 2.80. The van der Waals surface area contributed by atoms with Crippen LogP contribution in [-0.4, -0.2) is 27.2 Å². The number of amides is 1. The Kier molecular flexibility index (Phi) is 2.69. The van der Waals surface area contributed by atoms with Crippen molar-refractivity contribution in [2.75, 3.05) is 5.32 Å². The van der Waals surface area contributed by atoms with E-state index in [-0.39, 0.29) is 5.56 Å². The summed E-state index contributed by atoms with van der Waals surface area (Å²) in [7, 11) is 0. The highest BCUT2D eigenvalue weighted by Gasteiger charge is 2.15. The highest BCUT2D eigenvalue weighted by Crippen LogP contribution is 2.23. The molecule has 0 aromatic carbocycles. The Morgan fingerprint density at radius 1 is 1.50 bits per heavy atom. The second-order valence-electron chi connectivity index (χ2n) is 2.91. The lowest BCUT2D eigenvalue weighted by molar-refractivity contribution is 0.0698. The van der Waals surface area contributed by atoms with Crippen molar-refractivity contribution < 1.29 is 14.7 Å². The van der Waals surface area contributed by atoms with Crippen LogP contribution in [-0.2, 0) is 0 Å². The highest BCUT2D eigenvalue weighted by atomic mass is 32.1. The maximum absolute atomic E-state index is 11.6. The third-order valence-corrected chi connectivity index (χ3v) is 2.71. The lowest BCUT2D eigenvalue weighted by Crippen LogP contribution is -2.12. The number of hydrogen-bond donors (Lipinski definition) is 3. The largest absolute Gasteiger partial charge is 0.478 e. The number of rotatable bonds is 3. The lowest BCUT2D eigenvalue weighted by atomic mass is 10.3. The van der Waals surface area contributed by atoms with E-state index in [9.17, 15) is 9.59 Å². The van der Waals surface area contributed by atoms with Crippen LogP contribution >= 0.6 is 11.3 Å². The Morgan fingerprint density at radius 3 is 2.94 bits per heavy atom. The predicted molar refractivity (Wildman–Crippen MR) is 57.8 cm³/mol. The second kappa shape index (κ2) is 4.15. The van der Waals surface area contributed by atoms with Crippen molar-refractivity contribution in [3.05, 3.63) is 35.0 Å². The molecule has 1 amide bonds. The minimum absolute atomic E-state index is 0.0850. The maximum Gasteiger partial charge on any atom is 0.338 e. The third kappa shape index (κ3) is 1.94. The molecule has 0 fully saturated rings. The molecule has 0 atom stereocenters. The molecule has 3 N–H and O–H groups in total. The van der Waals surface area contributed by atoms with Gasteiger partial charge in [0.2, 0.25) is 0 Å². The smallest absolute Gasteiger partial charge is 0.338 e. The number of thiophene rings is 1. The van der Waals surface area contributed by atoms with Gasteiger partial charge in [-0.15, -0.1) is 11.3 Å². The monoisotopic (exact) mass is 237 g/mol. The van der Waals surface area contributed by atoms with Gasteiger partial charge in [0.15, 0.2) is 0 Å². The van der Waals surface area contributed by atoms with Crippen molar-refractivity contribution in [2.45, 2.75) is 0 Å². The van der Waals surface area contributed by atoms with Gasteiger partial charge in [-0.05, 0) is 11.4 Å². The molecule has 0 unspecified atom stereocenters. The summed E-state index contributed by atoms with van der Waals surface area (Å²) in [5, 5.41) is 19.4. The van der Waals surface area contributed by atoms with Crippen LogP contribution in [0.4, 0.5) is 5.00 Å². The molecule has 0 spiro atoms. The molecule has 2 heterocycles. The van der Waals surface area contributed by atoms with Crippen LogP contribution < -0.4 is 5.32 Å². The van der Waals surface area contributed by atoms with Crippen LogP contribution in [0.2, 0.25) is 0 Å². The van der Waals surface area contributed by atoms with Crippen LogP contribution in [0.1, 0.15) is 20.7 Å². The van der Waals surface area contributed by atoms with E-state index in [1.165, 1.54) is 18.5 Å². The predicted octanol–water partition coefficient (Wildman–Crippen LogP) is 1.42. The van der Waals surface area contributed by atoms with E-state index in [2.05, 4.69) is 15.5 Å². The number of hydrogen-bond acceptors (Lipinski definition) is 4. The van der Waals surface area contributed by atoms with Gasteiger partial charge in [0.25, 0.3) is 5.91 Å². The number of carboxylic acids is 1. The first-order valence-electron chi connectivity index (χ1n) is 4.29. The van der Waals surface area contributed by atoms with E-state index < -0.39 is 11.9 Å². The molecule has 2 aromatic heterocycles. The van der Waals surface area contributed by atoms with Gasteiger partial charge in [-0.2, -0.15) is 5.10 Å². The van der Waals surface area contributed by atoms with E-state index >= 15 is 0 Å². The summed E-state index contributed by atoms with van der Waals surface area (Å²) in [5.41, 5.74) is 0.437. The molecule has 0 radical (unpaired) electrons. The fourth-order valence-electron chi connectivity index (χ4n) is 1.12. The Bertz CT molecular complexity index is 518. The number of H-pyrrole nitrogens is 1. The molecular formula is C9H7N3O3S. The van der Waals surface area contributed by atoms with Crippen molar-refractivity contribution in [1.82, 2.24) is 10.2 Å². The summed E-state index contributed by atoms with van der Waals surface area (Å²) in [6.45, 7) is 0. The molecular weight excluding hydrogens is 230 g/mol. The molecule has 0 aliphatic carbocycles. The van der Waals surface area contributed by atoms with Crippen molar-refractivity contribution in [1.29, 1.82) is 0 Å². The van der Waals surface area contributed by atoms with Crippen LogP contribution in [0.3, 0.4) is 0 Å². The van der Waals surface area contributed by atoms with E-state index in [0.717, 1.165) is 11.3 Å². The van der Waals surface area contributed by atoms with Crippen molar-refractivity contribution in [2.24, 2.45) is 0 Å². The summed E-state index contributed by atoms with van der Waals surface area (Å²) in [5.74, 6) is -1.46. The van der Waals surface area contributed by atoms with E-state index in [4.69, 9.17) is 5.11 Å². The van der Waals surface area contributed by atoms with E-state index in [1.54, 1.807) is 5.38 Å². The normalized spacial score (nSPS) is 10.0. The van der Waals surface area contributed by atoms with Gasteiger partial charge in [0.1, 0.15) is 5.00 Å². The van der Waals surface area contributed by atoms with Gasteiger partial charge in [-0.1, -0.05) is 0 Å². The topological polar surface area (TPSA) is 95.1 Å². The Morgan fingerprint density at radius 2 is 2.31 bits per heavy atom. The molecule has 7 heteroatoms. The first-order valence-corrected chi connectivity index (χ1v) is 5.17. The number of nitrogens with one attached hydrogen (secondary N) is 2. The number of carbonyl (C=O) groups excluding carboxylic acids is 1. The first kappa shape index (κ1) is 10.4. The van der Waals surface area contributed by atoms with Gasteiger partial charge >= 0.3 is 5.97 Å². The fraction of sp³-hybridized carbons (Fsp3) is 0. The molecule has 0 saturated carbocycles. The Labute approximate surface area is 93.9 Å². The zero-order valence-corrected chi connectivity index (χ0v) is 8.75. The number of anilines is 1. The van der Waals surface area contributed by atoms with Gasteiger partial charge in [-0.3, -0.25) is 9.89 Å². The number of aromatic carboxylic acids is 1. The fourth-order valence-corrected chi connectivity index (χ4v) is 1.90. The van der Waals surface area contributed by atoms with Gasteiger partial charge in [0.05, 0.1) is 17.3 Å². The zero-order chi connectivity index (χ0) is 11.5. The second-order valence-corrected chi connectivity index (χ2v) is 3.83. The SMILES string of the molecule is O=C(Nc1sccc1C(=O)O)c1cn[nH]c1. The number of nitrogens with zero attached hydrogens (tertiary/aromatic N) is 1. The van der Waals surface area contributed by atoms with Gasteiger partial charge < -0.3 is 10.4 Å². The first-order chi connectivity index (χ1) is 7.68. The van der Waals surface area contributed by atoms with Gasteiger partial charge in [-0.25, -0.2) is 4.79 Å². The van der Waals surface area contributed by atoms with Crippen molar-refractivity contribution >= 4 is 28.2 Å². The molecule has 0 bridgehead atoms. The van der Waals surface area contributed by atoms with Crippen LogP contribution in [0, 0.1) is 0 Å². The Hall–Kier alpha value is -2.15. The van der Waals surface area contributed by atoms with Crippen LogP contribution in [0.5, 0.6) is 0 Å². The van der Waals surface area contributed by atoms with Crippen LogP contribution in [0.25, 0.3) is 0 Å². The number of carboxylic acid groups (broad SMARTS) is 1. The van der Waals surface area contributed by atoms with Gasteiger partial charge in [0, 0.05) is 6.20 Å². The lowest BCUT2D eigenvalue weighted by Gasteiger charge is -2.01. The number of aromatic amines is 1. The minimum Gasteiger partial charge on any atom is -0.478 e. The molecule has 2 rings (SSSR count). The molecule has 16 heavy (non-hydrogen) atoms. The summed E-state index contributed by atoms with van der Waals surface area (Å²) < 4.78 is 0. The molecule has 82 valence electrons. The third-order valence-electron chi connectivity index (χ3n) is 1.88. The summed E-state index contributed by atoms with van der Waals surface area (Å²) >= 11 is 1.16. The maximum atomic E-state index is 11.6. The molecule has 2 aromatic rings. The molecule has 0 aliphatic rings. The average molecular weight is 237 g/mol. The zero-order valence-electron chi connectivity index (χ0n) is 7.93. The number of aromatic nitrogens is 2. The molecule has 0 saturated heterocycles. The Balaban J connectivity index is 2.18. The highest BCUT2D eigenvalue weighted by molar-refractivity contribution is 7.14. The van der Waals surface area contributed by atoms with E-state index in [1.807, 2.05) is 0 Å². The van der Waals surface area contributed by atoms with Crippen LogP contribution in [0.15, 0.2) is 23.8 Å². The summed E-state index contributed by atoms with van der Waals surface area (Å²) in [4.78, 5) is 22.4. The molecule has 6 nitrogen and oxygen atoms in total. The summed E-state index contributed by atoms with van der Waals surface area (Å²) in [6, 6.07) is 1.44. The van der Waals surface area contributed by atoms with Crippen molar-refractivity contribution in [3.63, 3.8) is 0 Å². The minimum atomic E-state index is -1.07. The van der Waals surface area contributed by atoms with E-state index in [0.29, 0.717) is 10.6 Å². The average Bonchev–Trinajstić information content (AvgIpc) is 2.86. The molecule has 0 aliphatic heterocycles. The standard InChI is InChI=1S/C9H7N3O3S/c13-7(5-3-10-11-4-5)12-8-6(9(14)15)1-2-16-8/h1-4H,(H,10,11)(H,12,13)(H,14,15).